The number of hydrogen-bond donors (Lipinski definition) is 0. The predicted octanol–water partition coefficient (Wildman–Crippen LogP) is 3.95. The largest absolute Gasteiger partial charge is 0.244 e. The number of aliphatic imine (C=N–C) groups is 1. The van der Waals surface area contributed by atoms with Crippen LogP contribution in [0.15, 0.2) is 32.6 Å². The van der Waals surface area contributed by atoms with Crippen LogP contribution in [-0.4, -0.2) is 16.5 Å². The van der Waals surface area contributed by atoms with E-state index in [2.05, 4.69) is 32.9 Å². The third-order valence-electron chi connectivity index (χ3n) is 1.84. The zero-order valence-electron chi connectivity index (χ0n) is 7.87. The van der Waals surface area contributed by atoms with E-state index in [0.29, 0.717) is 5.75 Å². The SMILES string of the molecule is C#CCSC1=Nc2ccc(Br)cc2SC1. The molecular weight excluding hydrogens is 290 g/mol. The van der Waals surface area contributed by atoms with Gasteiger partial charge < -0.3 is 0 Å². The second-order valence-electron chi connectivity index (χ2n) is 2.90. The average Bonchev–Trinajstić information content (AvgIpc) is 2.26. The molecule has 0 radical (unpaired) electrons. The first-order valence-corrected chi connectivity index (χ1v) is 7.12. The first kappa shape index (κ1) is 11.1. The first-order chi connectivity index (χ1) is 7.29. The molecule has 0 fully saturated rings. The summed E-state index contributed by atoms with van der Waals surface area (Å²) >= 11 is 6.91. The number of fused-ring (bicyclic) bond motifs is 1. The predicted molar refractivity (Wildman–Crippen MR) is 73.3 cm³/mol. The highest BCUT2D eigenvalue weighted by Gasteiger charge is 2.12. The fraction of sp³-hybridized carbons (Fsp3) is 0.182. The molecule has 1 nitrogen and oxygen atoms in total. The van der Waals surface area contributed by atoms with Crippen LogP contribution in [0.4, 0.5) is 5.69 Å². The van der Waals surface area contributed by atoms with Crippen LogP contribution in [0.2, 0.25) is 0 Å². The number of terminal acetylenes is 1. The molecule has 1 heterocycles. The number of nitrogens with zero attached hydrogens (tertiary/aromatic N) is 1. The standard InChI is InChI=1S/C11H8BrNS2/c1-2-5-14-11-7-15-10-6-8(12)3-4-9(10)13-11/h1,3-4,6H,5,7H2. The molecule has 15 heavy (non-hydrogen) atoms. The quantitative estimate of drug-likeness (QED) is 0.728. The van der Waals surface area contributed by atoms with E-state index in [-0.39, 0.29) is 0 Å². The Labute approximate surface area is 106 Å². The Hall–Kier alpha value is -0.370. The Kier molecular flexibility index (Phi) is 3.79. The maximum Gasteiger partial charge on any atom is 0.0851 e. The van der Waals surface area contributed by atoms with Gasteiger partial charge in [0.05, 0.1) is 16.5 Å². The summed E-state index contributed by atoms with van der Waals surface area (Å²) in [6.07, 6.45) is 5.22. The summed E-state index contributed by atoms with van der Waals surface area (Å²) in [6, 6.07) is 6.14. The van der Waals surface area contributed by atoms with E-state index in [9.17, 15) is 0 Å². The van der Waals surface area contributed by atoms with Crippen molar-refractivity contribution in [1.82, 2.24) is 0 Å². The van der Waals surface area contributed by atoms with Crippen LogP contribution in [0, 0.1) is 12.3 Å². The van der Waals surface area contributed by atoms with E-state index in [4.69, 9.17) is 6.42 Å². The molecule has 2 rings (SSSR count). The molecule has 0 amide bonds. The van der Waals surface area contributed by atoms with Crippen LogP contribution < -0.4 is 0 Å². The monoisotopic (exact) mass is 297 g/mol. The van der Waals surface area contributed by atoms with Crippen LogP contribution in [0.3, 0.4) is 0 Å². The number of thioether (sulfide) groups is 2. The highest BCUT2D eigenvalue weighted by atomic mass is 79.9. The number of halogens is 1. The second kappa shape index (κ2) is 5.11. The van der Waals surface area contributed by atoms with E-state index in [0.717, 1.165) is 21.0 Å². The molecule has 1 aromatic carbocycles. The molecule has 4 heteroatoms. The molecule has 0 bridgehead atoms. The first-order valence-electron chi connectivity index (χ1n) is 4.36. The van der Waals surface area contributed by atoms with E-state index >= 15 is 0 Å². The van der Waals surface area contributed by atoms with Gasteiger partial charge >= 0.3 is 0 Å². The van der Waals surface area contributed by atoms with Gasteiger partial charge in [-0.2, -0.15) is 0 Å². The summed E-state index contributed by atoms with van der Waals surface area (Å²) in [5.41, 5.74) is 1.05. The number of rotatable bonds is 1. The van der Waals surface area contributed by atoms with E-state index < -0.39 is 0 Å². The van der Waals surface area contributed by atoms with Crippen LogP contribution in [0.5, 0.6) is 0 Å². The summed E-state index contributed by atoms with van der Waals surface area (Å²) in [6.45, 7) is 0. The van der Waals surface area contributed by atoms with Crippen molar-refractivity contribution in [2.24, 2.45) is 4.99 Å². The highest BCUT2D eigenvalue weighted by molar-refractivity contribution is 9.10. The molecule has 0 saturated heterocycles. The molecule has 0 aliphatic carbocycles. The van der Waals surface area contributed by atoms with E-state index in [1.807, 2.05) is 23.9 Å². The lowest BCUT2D eigenvalue weighted by Gasteiger charge is -2.13. The van der Waals surface area contributed by atoms with Crippen molar-refractivity contribution >= 4 is 50.2 Å². The van der Waals surface area contributed by atoms with Crippen molar-refractivity contribution < 1.29 is 0 Å². The van der Waals surface area contributed by atoms with Gasteiger partial charge in [0.15, 0.2) is 0 Å². The molecule has 1 aliphatic rings. The molecule has 0 unspecified atom stereocenters. The van der Waals surface area contributed by atoms with Crippen LogP contribution >= 0.6 is 39.5 Å². The Morgan fingerprint density at radius 2 is 2.47 bits per heavy atom. The lowest BCUT2D eigenvalue weighted by Crippen LogP contribution is -2.01. The van der Waals surface area contributed by atoms with Gasteiger partial charge in [-0.1, -0.05) is 33.6 Å². The van der Waals surface area contributed by atoms with Gasteiger partial charge in [0.2, 0.25) is 0 Å². The minimum Gasteiger partial charge on any atom is -0.244 e. The number of benzene rings is 1. The second-order valence-corrected chi connectivity index (χ2v) is 5.88. The Bertz CT molecular complexity index is 448. The summed E-state index contributed by atoms with van der Waals surface area (Å²) in [7, 11) is 0. The fourth-order valence-corrected chi connectivity index (χ4v) is 3.45. The third kappa shape index (κ3) is 2.81. The summed E-state index contributed by atoms with van der Waals surface area (Å²) in [5.74, 6) is 4.24. The summed E-state index contributed by atoms with van der Waals surface area (Å²) in [4.78, 5) is 5.80. The van der Waals surface area contributed by atoms with Gasteiger partial charge in [-0.15, -0.1) is 18.2 Å². The summed E-state index contributed by atoms with van der Waals surface area (Å²) < 4.78 is 1.10. The topological polar surface area (TPSA) is 12.4 Å². The average molecular weight is 298 g/mol. The normalized spacial score (nSPS) is 14.0. The Balaban J connectivity index is 2.22. The van der Waals surface area contributed by atoms with E-state index in [1.165, 1.54) is 4.90 Å². The lowest BCUT2D eigenvalue weighted by molar-refractivity contribution is 1.34. The fourth-order valence-electron chi connectivity index (χ4n) is 1.20. The maximum absolute atomic E-state index is 5.22. The van der Waals surface area contributed by atoms with Gasteiger partial charge in [-0.25, -0.2) is 4.99 Å². The molecule has 0 spiro atoms. The van der Waals surface area contributed by atoms with Crippen molar-refractivity contribution in [3.05, 3.63) is 22.7 Å². The van der Waals surface area contributed by atoms with Gasteiger partial charge in [0.25, 0.3) is 0 Å². The van der Waals surface area contributed by atoms with Crippen LogP contribution in [0.1, 0.15) is 0 Å². The molecule has 1 aliphatic heterocycles. The van der Waals surface area contributed by atoms with Crippen molar-refractivity contribution in [3.63, 3.8) is 0 Å². The van der Waals surface area contributed by atoms with Crippen molar-refractivity contribution in [3.8, 4) is 12.3 Å². The van der Waals surface area contributed by atoms with Gasteiger partial charge in [-0.3, -0.25) is 0 Å². The minimum absolute atomic E-state index is 0.700. The molecule has 0 N–H and O–H groups in total. The third-order valence-corrected chi connectivity index (χ3v) is 4.45. The smallest absolute Gasteiger partial charge is 0.0851 e. The van der Waals surface area contributed by atoms with Gasteiger partial charge in [0.1, 0.15) is 0 Å². The van der Waals surface area contributed by atoms with Crippen molar-refractivity contribution in [2.75, 3.05) is 11.5 Å². The van der Waals surface area contributed by atoms with Crippen LogP contribution in [-0.2, 0) is 0 Å². The zero-order valence-corrected chi connectivity index (χ0v) is 11.1. The minimum atomic E-state index is 0.700. The van der Waals surface area contributed by atoms with E-state index in [1.54, 1.807) is 11.8 Å². The molecule has 1 aromatic rings. The number of hydrogen-bond acceptors (Lipinski definition) is 3. The molecule has 76 valence electrons. The van der Waals surface area contributed by atoms with Gasteiger partial charge in [-0.05, 0) is 18.2 Å². The van der Waals surface area contributed by atoms with Gasteiger partial charge in [0, 0.05) is 15.1 Å². The molecule has 0 aromatic heterocycles. The maximum atomic E-state index is 5.22. The lowest BCUT2D eigenvalue weighted by atomic mass is 10.3. The molecular formula is C11H8BrNS2. The molecule has 0 atom stereocenters. The Morgan fingerprint density at radius 1 is 1.60 bits per heavy atom. The van der Waals surface area contributed by atoms with Crippen molar-refractivity contribution in [2.45, 2.75) is 4.90 Å². The highest BCUT2D eigenvalue weighted by Crippen LogP contribution is 2.37. The van der Waals surface area contributed by atoms with Crippen LogP contribution in [0.25, 0.3) is 0 Å². The Morgan fingerprint density at radius 3 is 3.27 bits per heavy atom. The summed E-state index contributed by atoms with van der Waals surface area (Å²) in [5, 5.41) is 1.12. The van der Waals surface area contributed by atoms with Crippen molar-refractivity contribution in [1.29, 1.82) is 0 Å². The molecule has 0 saturated carbocycles. The zero-order chi connectivity index (χ0) is 10.7.